The maximum atomic E-state index is 5.48. The van der Waals surface area contributed by atoms with Crippen LogP contribution in [0.25, 0.3) is 33.3 Å². The van der Waals surface area contributed by atoms with Crippen LogP contribution < -0.4 is 15.5 Å². The Labute approximate surface area is 244 Å². The van der Waals surface area contributed by atoms with Crippen molar-refractivity contribution in [3.63, 3.8) is 0 Å². The van der Waals surface area contributed by atoms with Crippen LogP contribution in [0.4, 0.5) is 17.1 Å². The molecule has 1 aromatic heterocycles. The lowest BCUT2D eigenvalue weighted by molar-refractivity contribution is 0.743. The van der Waals surface area contributed by atoms with E-state index in [2.05, 4.69) is 125 Å². The number of hydrogen-bond acceptors (Lipinski definition) is 2. The predicted octanol–water partition coefficient (Wildman–Crippen LogP) is 7.71. The Hall–Kier alpha value is -4.89. The van der Waals surface area contributed by atoms with Gasteiger partial charge in [-0.05, 0) is 65.4 Å². The lowest BCUT2D eigenvalue weighted by Crippen LogP contribution is -2.43. The van der Waals surface area contributed by atoms with Gasteiger partial charge in [0.05, 0.1) is 22.6 Å². The summed E-state index contributed by atoms with van der Waals surface area (Å²) in [5, 5.41) is 6.66. The topological polar surface area (TPSA) is 20.5 Å². The van der Waals surface area contributed by atoms with E-state index >= 15 is 0 Å². The molecule has 2 unspecified atom stereocenters. The van der Waals surface area contributed by atoms with Crippen LogP contribution in [0.1, 0.15) is 41.9 Å². The van der Waals surface area contributed by atoms with Crippen LogP contribution in [0.15, 0.2) is 114 Å². The summed E-state index contributed by atoms with van der Waals surface area (Å²) >= 11 is 0. The van der Waals surface area contributed by atoms with Crippen LogP contribution in [0.5, 0.6) is 0 Å². The molecule has 0 amide bonds. The van der Waals surface area contributed by atoms with E-state index in [1.807, 2.05) is 0 Å². The van der Waals surface area contributed by atoms with Gasteiger partial charge < -0.3 is 4.90 Å². The first-order valence-electron chi connectivity index (χ1n) is 15.3. The molecule has 5 aromatic carbocycles. The highest BCUT2D eigenvalue weighted by Crippen LogP contribution is 2.56. The zero-order valence-corrected chi connectivity index (χ0v) is 23.3. The van der Waals surface area contributed by atoms with Gasteiger partial charge in [0.1, 0.15) is 5.84 Å². The number of rotatable bonds is 0. The van der Waals surface area contributed by atoms with Crippen molar-refractivity contribution in [2.75, 3.05) is 4.90 Å². The van der Waals surface area contributed by atoms with Crippen molar-refractivity contribution in [2.45, 2.75) is 37.6 Å². The Morgan fingerprint density at radius 1 is 0.690 bits per heavy atom. The fourth-order valence-corrected chi connectivity index (χ4v) is 8.33. The summed E-state index contributed by atoms with van der Waals surface area (Å²) in [6.45, 7) is 0. The summed E-state index contributed by atoms with van der Waals surface area (Å²) in [7, 11) is 0. The van der Waals surface area contributed by atoms with Crippen LogP contribution in [0.3, 0.4) is 0 Å². The molecular formula is C39H29N3. The second kappa shape index (κ2) is 8.33. The summed E-state index contributed by atoms with van der Waals surface area (Å²) in [5.41, 5.74) is 10.6. The van der Waals surface area contributed by atoms with E-state index in [9.17, 15) is 0 Å². The maximum Gasteiger partial charge on any atom is 0.114 e. The molecule has 0 saturated heterocycles. The maximum absolute atomic E-state index is 5.48. The molecule has 0 spiro atoms. The van der Waals surface area contributed by atoms with E-state index in [0.29, 0.717) is 5.92 Å². The van der Waals surface area contributed by atoms with E-state index in [0.717, 1.165) is 30.8 Å². The van der Waals surface area contributed by atoms with Crippen molar-refractivity contribution in [1.29, 1.82) is 0 Å². The number of benzene rings is 5. The number of aryl methyl sites for hydroxylation is 1. The minimum atomic E-state index is 0.253. The van der Waals surface area contributed by atoms with Crippen molar-refractivity contribution in [3.05, 3.63) is 136 Å². The van der Waals surface area contributed by atoms with E-state index in [4.69, 9.17) is 4.99 Å². The Bertz CT molecular complexity index is 2290. The van der Waals surface area contributed by atoms with Gasteiger partial charge in [-0.3, -0.25) is 4.57 Å². The SMILES string of the molecule is C1=c2c(n(C3=Nc4ccccc4CCCC3)c3ccc4ccccc4c23)=C2c3ccccc3N3c4ccccc4C1C23. The van der Waals surface area contributed by atoms with Crippen LogP contribution >= 0.6 is 0 Å². The van der Waals surface area contributed by atoms with E-state index in [1.54, 1.807) is 0 Å². The monoisotopic (exact) mass is 539 g/mol. The van der Waals surface area contributed by atoms with Gasteiger partial charge in [0.2, 0.25) is 0 Å². The summed E-state index contributed by atoms with van der Waals surface area (Å²) in [6.07, 6.45) is 6.97. The van der Waals surface area contributed by atoms with Gasteiger partial charge in [0.15, 0.2) is 0 Å². The van der Waals surface area contributed by atoms with Crippen LogP contribution in [-0.2, 0) is 6.42 Å². The second-order valence-corrected chi connectivity index (χ2v) is 12.1. The summed E-state index contributed by atoms with van der Waals surface area (Å²) in [6, 6.07) is 40.6. The van der Waals surface area contributed by atoms with Crippen LogP contribution in [-0.4, -0.2) is 16.4 Å². The van der Waals surface area contributed by atoms with E-state index in [-0.39, 0.29) is 6.04 Å². The molecule has 0 bridgehead atoms. The summed E-state index contributed by atoms with van der Waals surface area (Å²) in [4.78, 5) is 8.09. The Balaban J connectivity index is 1.42. The molecular weight excluding hydrogens is 510 g/mol. The molecule has 42 heavy (non-hydrogen) atoms. The summed E-state index contributed by atoms with van der Waals surface area (Å²) < 4.78 is 2.56. The molecule has 3 heteroatoms. The van der Waals surface area contributed by atoms with Crippen LogP contribution in [0, 0.1) is 0 Å². The van der Waals surface area contributed by atoms with Crippen molar-refractivity contribution in [2.24, 2.45) is 4.99 Å². The smallest absolute Gasteiger partial charge is 0.114 e. The molecule has 0 fully saturated rings. The van der Waals surface area contributed by atoms with E-state index in [1.165, 1.54) is 72.3 Å². The van der Waals surface area contributed by atoms with Crippen molar-refractivity contribution in [3.8, 4) is 0 Å². The van der Waals surface area contributed by atoms with Gasteiger partial charge in [-0.1, -0.05) is 91.0 Å². The quantitative estimate of drug-likeness (QED) is 0.194. The normalized spacial score (nSPS) is 19.8. The lowest BCUT2D eigenvalue weighted by atomic mass is 9.84. The second-order valence-electron chi connectivity index (χ2n) is 12.1. The summed E-state index contributed by atoms with van der Waals surface area (Å²) in [5.74, 6) is 1.46. The molecule has 3 aliphatic heterocycles. The first kappa shape index (κ1) is 22.8. The average Bonchev–Trinajstić information content (AvgIpc) is 3.66. The predicted molar refractivity (Wildman–Crippen MR) is 174 cm³/mol. The number of aliphatic imine (C=N–C) groups is 1. The Morgan fingerprint density at radius 3 is 2.45 bits per heavy atom. The minimum absolute atomic E-state index is 0.253. The average molecular weight is 540 g/mol. The van der Waals surface area contributed by atoms with Gasteiger partial charge in [-0.25, -0.2) is 4.99 Å². The minimum Gasteiger partial charge on any atom is -0.332 e. The number of anilines is 2. The largest absolute Gasteiger partial charge is 0.332 e. The van der Waals surface area contributed by atoms with E-state index < -0.39 is 0 Å². The number of nitrogens with zero attached hydrogens (tertiary/aromatic N) is 3. The molecule has 0 N–H and O–H groups in total. The first-order chi connectivity index (χ1) is 20.9. The highest BCUT2D eigenvalue weighted by atomic mass is 15.2. The molecule has 4 heterocycles. The number of fused-ring (bicyclic) bond motifs is 12. The number of hydrogen-bond donors (Lipinski definition) is 0. The molecule has 1 aliphatic carbocycles. The third kappa shape index (κ3) is 2.88. The fourth-order valence-electron chi connectivity index (χ4n) is 8.33. The molecule has 200 valence electrons. The molecule has 10 rings (SSSR count). The van der Waals surface area contributed by atoms with Gasteiger partial charge >= 0.3 is 0 Å². The zero-order valence-electron chi connectivity index (χ0n) is 23.3. The van der Waals surface area contributed by atoms with Crippen LogP contribution in [0.2, 0.25) is 0 Å². The highest BCUT2D eigenvalue weighted by molar-refractivity contribution is 6.12. The van der Waals surface area contributed by atoms with Gasteiger partial charge in [0, 0.05) is 45.5 Å². The number of aromatic nitrogens is 1. The van der Waals surface area contributed by atoms with Crippen molar-refractivity contribution >= 4 is 56.2 Å². The molecule has 0 saturated carbocycles. The van der Waals surface area contributed by atoms with Gasteiger partial charge in [-0.15, -0.1) is 0 Å². The Morgan fingerprint density at radius 2 is 1.48 bits per heavy atom. The molecule has 3 nitrogen and oxygen atoms in total. The third-order valence-electron chi connectivity index (χ3n) is 10.0. The Kier molecular flexibility index (Phi) is 4.51. The molecule has 6 aromatic rings. The first-order valence-corrected chi connectivity index (χ1v) is 15.3. The molecule has 2 atom stereocenters. The van der Waals surface area contributed by atoms with Crippen molar-refractivity contribution < 1.29 is 0 Å². The lowest BCUT2D eigenvalue weighted by Gasteiger charge is -2.25. The fraction of sp³-hybridized carbons (Fsp3) is 0.154. The highest BCUT2D eigenvalue weighted by Gasteiger charge is 2.48. The van der Waals surface area contributed by atoms with Gasteiger partial charge in [0.25, 0.3) is 0 Å². The van der Waals surface area contributed by atoms with Gasteiger partial charge in [-0.2, -0.15) is 0 Å². The molecule has 0 radical (unpaired) electrons. The third-order valence-corrected chi connectivity index (χ3v) is 10.0. The number of para-hydroxylation sites is 3. The standard InChI is InChI=1S/C39H29N3/c1-4-14-26-24(11-1)21-22-34-36(26)30-23-29-27-15-5-8-18-32(27)41-33-19-9-6-16-28(33)37(38(29)41)39(30)42(34)35-20-10-3-13-25-12-2-7-17-31(25)40-35/h1-2,4-9,11-12,14-19,21-23,29,38H,3,10,13,20H2. The van der Waals surface area contributed by atoms with Crippen molar-refractivity contribution in [1.82, 2.24) is 4.57 Å². The zero-order chi connectivity index (χ0) is 27.4. The molecule has 4 aliphatic rings.